The molecule has 0 atom stereocenters. The first kappa shape index (κ1) is 16.2. The monoisotopic (exact) mass is 400 g/mol. The summed E-state index contributed by atoms with van der Waals surface area (Å²) in [4.78, 5) is 0. The van der Waals surface area contributed by atoms with Crippen molar-refractivity contribution in [2.45, 2.75) is 41.5 Å². The average molecular weight is 398 g/mol. The average Bonchev–Trinajstić information content (AvgIpc) is 2.23. The zero-order valence-electron chi connectivity index (χ0n) is 13.5. The van der Waals surface area contributed by atoms with Crippen LogP contribution in [0.3, 0.4) is 0 Å². The van der Waals surface area contributed by atoms with Crippen molar-refractivity contribution in [1.82, 2.24) is 0 Å². The van der Waals surface area contributed by atoms with Gasteiger partial charge in [-0.3, -0.25) is 0 Å². The van der Waals surface area contributed by atoms with Gasteiger partial charge in [-0.15, -0.1) is 0 Å². The zero-order valence-corrected chi connectivity index (χ0v) is 15.9. The fraction of sp³-hybridized carbons (Fsp3) is 0.333. The predicted molar refractivity (Wildman–Crippen MR) is 87.7 cm³/mol. The fourth-order valence-electron chi connectivity index (χ4n) is 3.28. The van der Waals surface area contributed by atoms with E-state index in [1.54, 1.807) is 0 Å². The second kappa shape index (κ2) is 5.55. The molecule has 2 rings (SSSR count). The Morgan fingerprint density at radius 2 is 0.810 bits per heavy atom. The molecule has 0 aliphatic carbocycles. The van der Waals surface area contributed by atoms with Crippen molar-refractivity contribution in [3.8, 4) is 0 Å². The van der Waals surface area contributed by atoms with Gasteiger partial charge in [0.15, 0.2) is 0 Å². The quantitative estimate of drug-likeness (QED) is 0.730. The Hall–Kier alpha value is -1.17. The Bertz CT molecular complexity index is 706. The molecular formula is C18H22O2Te. The summed E-state index contributed by atoms with van der Waals surface area (Å²) >= 11 is -4.81. The third kappa shape index (κ3) is 2.91. The standard InChI is InChI=1S/C18H22O2Te/c1-11-7-13(3)17(14(4)8-11)21(19,20)18-15(5)9-12(2)10-16(18)6/h7-10H,1-6H3. The predicted octanol–water partition coefficient (Wildman–Crippen LogP) is 2.95. The van der Waals surface area contributed by atoms with Crippen molar-refractivity contribution < 1.29 is 6.21 Å². The molecule has 0 radical (unpaired) electrons. The van der Waals surface area contributed by atoms with Gasteiger partial charge in [-0.05, 0) is 0 Å². The Labute approximate surface area is 130 Å². The molecule has 3 heteroatoms. The van der Waals surface area contributed by atoms with E-state index in [9.17, 15) is 6.21 Å². The van der Waals surface area contributed by atoms with Gasteiger partial charge in [0.05, 0.1) is 0 Å². The van der Waals surface area contributed by atoms with Crippen LogP contribution in [0.15, 0.2) is 24.3 Å². The van der Waals surface area contributed by atoms with Gasteiger partial charge in [0.1, 0.15) is 0 Å². The molecule has 2 aromatic carbocycles. The van der Waals surface area contributed by atoms with Gasteiger partial charge < -0.3 is 0 Å². The summed E-state index contributed by atoms with van der Waals surface area (Å²) in [5.74, 6) is 0. The van der Waals surface area contributed by atoms with Gasteiger partial charge >= 0.3 is 131 Å². The molecule has 0 unspecified atom stereocenters. The van der Waals surface area contributed by atoms with Crippen LogP contribution in [0.5, 0.6) is 0 Å². The summed E-state index contributed by atoms with van der Waals surface area (Å²) < 4.78 is 27.6. The van der Waals surface area contributed by atoms with Gasteiger partial charge in [-0.2, -0.15) is 0 Å². The van der Waals surface area contributed by atoms with E-state index >= 15 is 0 Å². The van der Waals surface area contributed by atoms with E-state index in [1.807, 2.05) is 65.8 Å². The van der Waals surface area contributed by atoms with Crippen molar-refractivity contribution in [3.63, 3.8) is 0 Å². The van der Waals surface area contributed by atoms with E-state index in [0.717, 1.165) is 33.4 Å². The van der Waals surface area contributed by atoms with Crippen LogP contribution in [-0.2, 0) is 6.21 Å². The third-order valence-corrected chi connectivity index (χ3v) is 10.5. The molecule has 0 bridgehead atoms. The summed E-state index contributed by atoms with van der Waals surface area (Å²) in [5.41, 5.74) is 5.64. The molecule has 0 aliphatic rings. The van der Waals surface area contributed by atoms with Crippen LogP contribution in [0, 0.1) is 41.5 Å². The molecule has 2 nitrogen and oxygen atoms in total. The van der Waals surface area contributed by atoms with Crippen molar-refractivity contribution in [3.05, 3.63) is 57.6 Å². The van der Waals surface area contributed by atoms with Gasteiger partial charge in [-0.25, -0.2) is 0 Å². The van der Waals surface area contributed by atoms with E-state index in [0.29, 0.717) is 7.22 Å². The minimum atomic E-state index is -4.81. The van der Waals surface area contributed by atoms with Crippen LogP contribution in [0.2, 0.25) is 0 Å². The second-order valence-corrected chi connectivity index (χ2v) is 11.2. The Morgan fingerprint density at radius 3 is 1.05 bits per heavy atom. The van der Waals surface area contributed by atoms with Gasteiger partial charge in [0.25, 0.3) is 0 Å². The molecule has 2 aromatic rings. The Kier molecular flexibility index (Phi) is 4.29. The number of hydrogen-bond donors (Lipinski definition) is 0. The van der Waals surface area contributed by atoms with Crippen molar-refractivity contribution in [2.75, 3.05) is 0 Å². The first-order chi connectivity index (χ1) is 9.64. The van der Waals surface area contributed by atoms with E-state index < -0.39 is 18.1 Å². The SMILES string of the molecule is Cc1cc(C)c([Te](=O)(=O)c2c(C)cc(C)cc2C)c(C)c1. The summed E-state index contributed by atoms with van der Waals surface area (Å²) in [5, 5.41) is 0. The van der Waals surface area contributed by atoms with E-state index in [4.69, 9.17) is 0 Å². The first-order valence-corrected chi connectivity index (χ1v) is 11.3. The number of hydrogen-bond acceptors (Lipinski definition) is 2. The second-order valence-electron chi connectivity index (χ2n) is 5.96. The van der Waals surface area contributed by atoms with E-state index in [-0.39, 0.29) is 0 Å². The normalized spacial score (nSPS) is 11.7. The molecular weight excluding hydrogens is 376 g/mol. The number of aryl methyl sites for hydroxylation is 6. The van der Waals surface area contributed by atoms with Crippen LogP contribution >= 0.6 is 0 Å². The molecule has 21 heavy (non-hydrogen) atoms. The molecule has 0 heterocycles. The molecule has 0 fully saturated rings. The van der Waals surface area contributed by atoms with Crippen molar-refractivity contribution in [1.29, 1.82) is 0 Å². The Morgan fingerprint density at radius 1 is 0.571 bits per heavy atom. The third-order valence-electron chi connectivity index (χ3n) is 3.75. The van der Waals surface area contributed by atoms with E-state index in [1.165, 1.54) is 0 Å². The molecule has 0 N–H and O–H groups in total. The zero-order chi connectivity index (χ0) is 15.9. The van der Waals surface area contributed by atoms with Crippen LogP contribution < -0.4 is 7.22 Å². The molecule has 0 spiro atoms. The molecule has 0 aromatic heterocycles. The van der Waals surface area contributed by atoms with Crippen LogP contribution in [0.25, 0.3) is 0 Å². The minimum absolute atomic E-state index is 0.554. The molecule has 0 saturated heterocycles. The summed E-state index contributed by atoms with van der Waals surface area (Å²) in [6.45, 7) is 11.6. The Balaban J connectivity index is 2.81. The van der Waals surface area contributed by atoms with Crippen molar-refractivity contribution >= 4 is 25.4 Å². The molecule has 0 aliphatic heterocycles. The van der Waals surface area contributed by atoms with Crippen molar-refractivity contribution in [2.24, 2.45) is 0 Å². The molecule has 112 valence electrons. The number of rotatable bonds is 2. The van der Waals surface area contributed by atoms with Gasteiger partial charge in [-0.1, -0.05) is 0 Å². The van der Waals surface area contributed by atoms with Crippen LogP contribution in [0.1, 0.15) is 33.4 Å². The first-order valence-electron chi connectivity index (χ1n) is 7.05. The maximum absolute atomic E-state index is 13.2. The van der Waals surface area contributed by atoms with Gasteiger partial charge in [0, 0.05) is 0 Å². The van der Waals surface area contributed by atoms with Crippen LogP contribution in [-0.4, -0.2) is 18.1 Å². The van der Waals surface area contributed by atoms with Gasteiger partial charge in [0.2, 0.25) is 0 Å². The summed E-state index contributed by atoms with van der Waals surface area (Å²) in [6.07, 6.45) is 0. The summed E-state index contributed by atoms with van der Waals surface area (Å²) in [6, 6.07) is 7.82. The van der Waals surface area contributed by atoms with E-state index in [2.05, 4.69) is 0 Å². The number of benzene rings is 2. The summed E-state index contributed by atoms with van der Waals surface area (Å²) in [7, 11) is 0. The molecule has 0 saturated carbocycles. The fourth-order valence-corrected chi connectivity index (χ4v) is 9.38. The van der Waals surface area contributed by atoms with Crippen LogP contribution in [0.4, 0.5) is 0 Å². The topological polar surface area (TPSA) is 34.1 Å². The maximum atomic E-state index is 13.2. The molecule has 0 amide bonds.